The molecule has 6 heteroatoms. The molecule has 6 nitrogen and oxygen atoms in total. The van der Waals surface area contributed by atoms with Crippen LogP contribution in [0.25, 0.3) is 0 Å². The summed E-state index contributed by atoms with van der Waals surface area (Å²) >= 11 is 0. The van der Waals surface area contributed by atoms with Crippen LogP contribution in [0.2, 0.25) is 0 Å². The van der Waals surface area contributed by atoms with E-state index < -0.39 is 0 Å². The molecule has 134 valence electrons. The second-order valence-electron chi connectivity index (χ2n) is 7.13. The standard InChI is InChI=1S/C19H24N2O4/c22-18-8-6-14(11-21(18)15-3-1-2-4-15)19(23)20-10-13-5-7-16-17(9-13)25-12-24-16/h5,7,9,14-15H,1-4,6,8,10-12H2,(H,20,23)/t14-/m0/s1. The van der Waals surface area contributed by atoms with Gasteiger partial charge in [-0.25, -0.2) is 0 Å². The van der Waals surface area contributed by atoms with E-state index in [0.29, 0.717) is 32.0 Å². The van der Waals surface area contributed by atoms with Crippen LogP contribution in [0.3, 0.4) is 0 Å². The fraction of sp³-hybridized carbons (Fsp3) is 0.579. The van der Waals surface area contributed by atoms with Crippen LogP contribution in [0.1, 0.15) is 44.1 Å². The number of piperidine rings is 1. The van der Waals surface area contributed by atoms with Crippen molar-refractivity contribution in [3.05, 3.63) is 23.8 Å². The van der Waals surface area contributed by atoms with Crippen LogP contribution in [-0.4, -0.2) is 36.1 Å². The monoisotopic (exact) mass is 344 g/mol. The maximum absolute atomic E-state index is 12.6. The molecule has 1 aromatic carbocycles. The Hall–Kier alpha value is -2.24. The number of hydrogen-bond donors (Lipinski definition) is 1. The van der Waals surface area contributed by atoms with Crippen molar-refractivity contribution in [2.45, 2.75) is 51.1 Å². The van der Waals surface area contributed by atoms with Gasteiger partial charge in [-0.3, -0.25) is 9.59 Å². The molecule has 1 atom stereocenters. The molecule has 25 heavy (non-hydrogen) atoms. The van der Waals surface area contributed by atoms with Gasteiger partial charge in [-0.2, -0.15) is 0 Å². The SMILES string of the molecule is O=C(NCc1ccc2c(c1)OCO2)[C@H]1CCC(=O)N(C2CCCC2)C1. The molecule has 0 bridgehead atoms. The second kappa shape index (κ2) is 6.94. The van der Waals surface area contributed by atoms with Crippen molar-refractivity contribution >= 4 is 11.8 Å². The minimum Gasteiger partial charge on any atom is -0.454 e. The van der Waals surface area contributed by atoms with Crippen molar-refractivity contribution in [3.8, 4) is 11.5 Å². The Morgan fingerprint density at radius 1 is 1.16 bits per heavy atom. The number of carbonyl (C=O) groups is 2. The van der Waals surface area contributed by atoms with Crippen LogP contribution in [0.15, 0.2) is 18.2 Å². The minimum absolute atomic E-state index is 0.0353. The number of amides is 2. The molecule has 0 radical (unpaired) electrons. The largest absolute Gasteiger partial charge is 0.454 e. The molecular formula is C19H24N2O4. The third-order valence-corrected chi connectivity index (χ3v) is 5.48. The molecule has 1 aliphatic carbocycles. The highest BCUT2D eigenvalue weighted by Gasteiger charge is 2.35. The van der Waals surface area contributed by atoms with E-state index in [9.17, 15) is 9.59 Å². The number of benzene rings is 1. The minimum atomic E-state index is -0.104. The molecule has 2 aliphatic heterocycles. The number of hydrogen-bond acceptors (Lipinski definition) is 4. The molecule has 2 fully saturated rings. The first-order chi connectivity index (χ1) is 12.2. The van der Waals surface area contributed by atoms with Crippen LogP contribution in [0.4, 0.5) is 0 Å². The second-order valence-corrected chi connectivity index (χ2v) is 7.13. The Labute approximate surface area is 147 Å². The normalized spacial score (nSPS) is 23.1. The molecule has 2 amide bonds. The average molecular weight is 344 g/mol. The van der Waals surface area contributed by atoms with Gasteiger partial charge in [0.25, 0.3) is 0 Å². The lowest BCUT2D eigenvalue weighted by Gasteiger charge is -2.36. The first-order valence-electron chi connectivity index (χ1n) is 9.16. The summed E-state index contributed by atoms with van der Waals surface area (Å²) in [7, 11) is 0. The summed E-state index contributed by atoms with van der Waals surface area (Å²) in [6.07, 6.45) is 5.67. The van der Waals surface area contributed by atoms with Crippen molar-refractivity contribution in [3.63, 3.8) is 0 Å². The third kappa shape index (κ3) is 3.43. The van der Waals surface area contributed by atoms with Gasteiger partial charge in [0.05, 0.1) is 5.92 Å². The molecule has 0 spiro atoms. The molecule has 4 rings (SSSR count). The Morgan fingerprint density at radius 2 is 1.96 bits per heavy atom. The van der Waals surface area contributed by atoms with Gasteiger partial charge >= 0.3 is 0 Å². The summed E-state index contributed by atoms with van der Waals surface area (Å²) in [5, 5.41) is 3.01. The van der Waals surface area contributed by atoms with Crippen molar-refractivity contribution in [1.82, 2.24) is 10.2 Å². The van der Waals surface area contributed by atoms with E-state index in [1.165, 1.54) is 12.8 Å². The summed E-state index contributed by atoms with van der Waals surface area (Å²) in [5.74, 6) is 1.61. The average Bonchev–Trinajstić information content (AvgIpc) is 3.31. The van der Waals surface area contributed by atoms with E-state index in [-0.39, 0.29) is 24.5 Å². The van der Waals surface area contributed by atoms with Gasteiger partial charge in [-0.15, -0.1) is 0 Å². The highest BCUT2D eigenvalue weighted by molar-refractivity contribution is 5.84. The Bertz CT molecular complexity index is 669. The van der Waals surface area contributed by atoms with E-state index in [0.717, 1.165) is 29.9 Å². The Kier molecular flexibility index (Phi) is 4.51. The van der Waals surface area contributed by atoms with Crippen LogP contribution < -0.4 is 14.8 Å². The van der Waals surface area contributed by atoms with E-state index >= 15 is 0 Å². The number of ether oxygens (including phenoxy) is 2. The quantitative estimate of drug-likeness (QED) is 0.909. The van der Waals surface area contributed by atoms with Crippen LogP contribution in [0.5, 0.6) is 11.5 Å². The van der Waals surface area contributed by atoms with Crippen molar-refractivity contribution in [2.24, 2.45) is 5.92 Å². The predicted octanol–water partition coefficient (Wildman–Crippen LogP) is 2.21. The zero-order valence-electron chi connectivity index (χ0n) is 14.3. The molecule has 0 unspecified atom stereocenters. The Morgan fingerprint density at radius 3 is 2.80 bits per heavy atom. The van der Waals surface area contributed by atoms with Gasteiger partial charge < -0.3 is 19.7 Å². The summed E-state index contributed by atoms with van der Waals surface area (Å²) in [6, 6.07) is 6.04. The Balaban J connectivity index is 1.33. The topological polar surface area (TPSA) is 67.9 Å². The summed E-state index contributed by atoms with van der Waals surface area (Å²) < 4.78 is 10.7. The first-order valence-corrected chi connectivity index (χ1v) is 9.16. The van der Waals surface area contributed by atoms with Crippen molar-refractivity contribution in [1.29, 1.82) is 0 Å². The van der Waals surface area contributed by atoms with E-state index in [2.05, 4.69) is 5.32 Å². The maximum atomic E-state index is 12.6. The van der Waals surface area contributed by atoms with Gasteiger partial charge in [0.2, 0.25) is 18.6 Å². The van der Waals surface area contributed by atoms with E-state index in [1.54, 1.807) is 0 Å². The maximum Gasteiger partial charge on any atom is 0.231 e. The number of nitrogens with zero attached hydrogens (tertiary/aromatic N) is 1. The number of carbonyl (C=O) groups excluding carboxylic acids is 2. The fourth-order valence-electron chi connectivity index (χ4n) is 4.04. The lowest BCUT2D eigenvalue weighted by Crippen LogP contribution is -2.49. The van der Waals surface area contributed by atoms with Crippen LogP contribution in [0, 0.1) is 5.92 Å². The van der Waals surface area contributed by atoms with Gasteiger partial charge in [-0.1, -0.05) is 18.9 Å². The number of likely N-dealkylation sites (tertiary alicyclic amines) is 1. The number of nitrogens with one attached hydrogen (secondary N) is 1. The lowest BCUT2D eigenvalue weighted by molar-refractivity contribution is -0.140. The molecule has 1 saturated heterocycles. The molecule has 0 aromatic heterocycles. The summed E-state index contributed by atoms with van der Waals surface area (Å²) in [6.45, 7) is 1.28. The van der Waals surface area contributed by atoms with Gasteiger partial charge in [-0.05, 0) is 37.0 Å². The van der Waals surface area contributed by atoms with E-state index in [1.807, 2.05) is 23.1 Å². The highest BCUT2D eigenvalue weighted by Crippen LogP contribution is 2.32. The highest BCUT2D eigenvalue weighted by atomic mass is 16.7. The lowest BCUT2D eigenvalue weighted by atomic mass is 9.94. The van der Waals surface area contributed by atoms with Gasteiger partial charge in [0, 0.05) is 25.6 Å². The van der Waals surface area contributed by atoms with Gasteiger partial charge in [0.1, 0.15) is 0 Å². The zero-order chi connectivity index (χ0) is 17.2. The van der Waals surface area contributed by atoms with Crippen LogP contribution in [-0.2, 0) is 16.1 Å². The van der Waals surface area contributed by atoms with Gasteiger partial charge in [0.15, 0.2) is 11.5 Å². The molecule has 3 aliphatic rings. The third-order valence-electron chi connectivity index (χ3n) is 5.48. The van der Waals surface area contributed by atoms with Crippen LogP contribution >= 0.6 is 0 Å². The number of rotatable bonds is 4. The van der Waals surface area contributed by atoms with Crippen molar-refractivity contribution < 1.29 is 19.1 Å². The molecule has 1 aromatic rings. The molecular weight excluding hydrogens is 320 g/mol. The predicted molar refractivity (Wildman–Crippen MR) is 91.1 cm³/mol. The van der Waals surface area contributed by atoms with E-state index in [4.69, 9.17) is 9.47 Å². The zero-order valence-corrected chi connectivity index (χ0v) is 14.3. The molecule has 1 saturated carbocycles. The molecule has 2 heterocycles. The summed E-state index contributed by atoms with van der Waals surface area (Å²) in [4.78, 5) is 26.7. The molecule has 1 N–H and O–H groups in total. The van der Waals surface area contributed by atoms with Crippen molar-refractivity contribution in [2.75, 3.05) is 13.3 Å². The summed E-state index contributed by atoms with van der Waals surface area (Å²) in [5.41, 5.74) is 0.983. The number of fused-ring (bicyclic) bond motifs is 1. The first kappa shape index (κ1) is 16.2. The smallest absolute Gasteiger partial charge is 0.231 e. The fourth-order valence-corrected chi connectivity index (χ4v) is 4.04.